The van der Waals surface area contributed by atoms with Gasteiger partial charge in [0.2, 0.25) is 5.91 Å². The highest BCUT2D eigenvalue weighted by Gasteiger charge is 2.11. The van der Waals surface area contributed by atoms with Crippen molar-refractivity contribution in [3.05, 3.63) is 41.5 Å². The molecule has 0 spiro atoms. The number of carbonyl (C=O) groups excluding carboxylic acids is 1. The van der Waals surface area contributed by atoms with Crippen molar-refractivity contribution in [2.24, 2.45) is 5.92 Å². The fraction of sp³-hybridized carbons (Fsp3) is 0.438. The van der Waals surface area contributed by atoms with Crippen LogP contribution < -0.4 is 5.32 Å². The van der Waals surface area contributed by atoms with E-state index in [1.165, 1.54) is 11.6 Å². The van der Waals surface area contributed by atoms with E-state index in [1.807, 2.05) is 26.0 Å². The van der Waals surface area contributed by atoms with Crippen molar-refractivity contribution in [2.75, 3.05) is 6.61 Å². The molecule has 3 nitrogen and oxygen atoms in total. The smallest absolute Gasteiger partial charge is 0.244 e. The standard InChI is InChI=1S/C16H23NO2/c1-4-14-5-7-15(8-6-14)9-10-16(19)17-13(3)12(2)11-18/h5-10,12-13,18H,4,11H2,1-3H3,(H,17,19)/b10-9+. The van der Waals surface area contributed by atoms with Crippen LogP contribution in [0.1, 0.15) is 31.9 Å². The molecule has 0 aliphatic rings. The van der Waals surface area contributed by atoms with E-state index in [4.69, 9.17) is 5.11 Å². The summed E-state index contributed by atoms with van der Waals surface area (Å²) in [5.74, 6) is -0.0754. The van der Waals surface area contributed by atoms with E-state index in [9.17, 15) is 4.79 Å². The molecule has 0 aliphatic carbocycles. The van der Waals surface area contributed by atoms with Gasteiger partial charge in [0.1, 0.15) is 0 Å². The fourth-order valence-electron chi connectivity index (χ4n) is 1.61. The molecular formula is C16H23NO2. The van der Waals surface area contributed by atoms with Crippen LogP contribution >= 0.6 is 0 Å². The van der Waals surface area contributed by atoms with Crippen molar-refractivity contribution >= 4 is 12.0 Å². The van der Waals surface area contributed by atoms with Gasteiger partial charge in [-0.25, -0.2) is 0 Å². The maximum absolute atomic E-state index is 11.7. The number of aryl methyl sites for hydroxylation is 1. The van der Waals surface area contributed by atoms with E-state index in [-0.39, 0.29) is 24.5 Å². The zero-order valence-electron chi connectivity index (χ0n) is 11.9. The highest BCUT2D eigenvalue weighted by Crippen LogP contribution is 2.07. The Morgan fingerprint density at radius 3 is 2.47 bits per heavy atom. The third-order valence-electron chi connectivity index (χ3n) is 3.33. The summed E-state index contributed by atoms with van der Waals surface area (Å²) in [5, 5.41) is 11.8. The van der Waals surface area contributed by atoms with Gasteiger partial charge in [-0.3, -0.25) is 4.79 Å². The minimum absolute atomic E-state index is 0.0374. The first-order valence-corrected chi connectivity index (χ1v) is 6.75. The number of aliphatic hydroxyl groups excluding tert-OH is 1. The van der Waals surface area contributed by atoms with Crippen LogP contribution in [-0.2, 0) is 11.2 Å². The lowest BCUT2D eigenvalue weighted by atomic mass is 10.1. The Labute approximate surface area is 115 Å². The molecule has 19 heavy (non-hydrogen) atoms. The Morgan fingerprint density at radius 2 is 1.95 bits per heavy atom. The molecule has 2 N–H and O–H groups in total. The maximum Gasteiger partial charge on any atom is 0.244 e. The molecule has 3 heteroatoms. The predicted molar refractivity (Wildman–Crippen MR) is 78.7 cm³/mol. The molecule has 2 atom stereocenters. The Kier molecular flexibility index (Phi) is 6.30. The van der Waals surface area contributed by atoms with Crippen LogP contribution in [-0.4, -0.2) is 23.7 Å². The first kappa shape index (κ1) is 15.4. The quantitative estimate of drug-likeness (QED) is 0.773. The van der Waals surface area contributed by atoms with Crippen molar-refractivity contribution in [3.8, 4) is 0 Å². The number of benzene rings is 1. The lowest BCUT2D eigenvalue weighted by Gasteiger charge is -2.18. The number of hydrogen-bond acceptors (Lipinski definition) is 2. The summed E-state index contributed by atoms with van der Waals surface area (Å²) in [5.41, 5.74) is 2.29. The van der Waals surface area contributed by atoms with E-state index in [0.29, 0.717) is 0 Å². The van der Waals surface area contributed by atoms with Crippen LogP contribution in [0.4, 0.5) is 0 Å². The van der Waals surface area contributed by atoms with Crippen LogP contribution in [0.3, 0.4) is 0 Å². The molecule has 0 aromatic heterocycles. The largest absolute Gasteiger partial charge is 0.396 e. The summed E-state index contributed by atoms with van der Waals surface area (Å²) in [6, 6.07) is 8.09. The molecule has 1 aromatic carbocycles. The van der Waals surface area contributed by atoms with Gasteiger partial charge in [-0.05, 0) is 36.5 Å². The van der Waals surface area contributed by atoms with Crippen molar-refractivity contribution in [3.63, 3.8) is 0 Å². The molecule has 0 aliphatic heterocycles. The van der Waals surface area contributed by atoms with Gasteiger partial charge in [0, 0.05) is 18.7 Å². The minimum Gasteiger partial charge on any atom is -0.396 e. The van der Waals surface area contributed by atoms with Crippen molar-refractivity contribution in [2.45, 2.75) is 33.2 Å². The fourth-order valence-corrected chi connectivity index (χ4v) is 1.61. The van der Waals surface area contributed by atoms with Crippen molar-refractivity contribution < 1.29 is 9.90 Å². The number of hydrogen-bond donors (Lipinski definition) is 2. The molecule has 104 valence electrons. The van der Waals surface area contributed by atoms with Gasteiger partial charge in [-0.2, -0.15) is 0 Å². The number of carbonyl (C=O) groups is 1. The van der Waals surface area contributed by atoms with E-state index >= 15 is 0 Å². The Hall–Kier alpha value is -1.61. The zero-order chi connectivity index (χ0) is 14.3. The number of nitrogens with one attached hydrogen (secondary N) is 1. The van der Waals surface area contributed by atoms with Crippen LogP contribution in [0.25, 0.3) is 6.08 Å². The van der Waals surface area contributed by atoms with E-state index in [2.05, 4.69) is 24.4 Å². The normalized spacial score (nSPS) is 14.3. The molecule has 0 bridgehead atoms. The number of rotatable bonds is 6. The molecule has 1 aromatic rings. The topological polar surface area (TPSA) is 49.3 Å². The van der Waals surface area contributed by atoms with Crippen LogP contribution in [0, 0.1) is 5.92 Å². The first-order valence-electron chi connectivity index (χ1n) is 6.75. The highest BCUT2D eigenvalue weighted by molar-refractivity contribution is 5.91. The minimum atomic E-state index is -0.132. The van der Waals surface area contributed by atoms with Crippen LogP contribution in [0.15, 0.2) is 30.3 Å². The average molecular weight is 261 g/mol. The SMILES string of the molecule is CCc1ccc(/C=C/C(=O)NC(C)C(C)CO)cc1. The Morgan fingerprint density at radius 1 is 1.32 bits per heavy atom. The molecule has 0 saturated heterocycles. The van der Waals surface area contributed by atoms with Gasteiger partial charge < -0.3 is 10.4 Å². The van der Waals surface area contributed by atoms with Gasteiger partial charge in [0.15, 0.2) is 0 Å². The molecule has 0 heterocycles. The third-order valence-corrected chi connectivity index (χ3v) is 3.33. The van der Waals surface area contributed by atoms with E-state index in [0.717, 1.165) is 12.0 Å². The summed E-state index contributed by atoms with van der Waals surface area (Å²) in [6.07, 6.45) is 4.34. The van der Waals surface area contributed by atoms with Crippen LogP contribution in [0.5, 0.6) is 0 Å². The second-order valence-corrected chi connectivity index (χ2v) is 4.89. The Balaban J connectivity index is 2.53. The molecule has 1 amide bonds. The summed E-state index contributed by atoms with van der Waals surface area (Å²) >= 11 is 0. The second-order valence-electron chi connectivity index (χ2n) is 4.89. The molecule has 0 saturated carbocycles. The summed E-state index contributed by atoms with van der Waals surface area (Å²) in [6.45, 7) is 5.98. The van der Waals surface area contributed by atoms with Crippen molar-refractivity contribution in [1.29, 1.82) is 0 Å². The molecule has 0 radical (unpaired) electrons. The molecular weight excluding hydrogens is 238 g/mol. The average Bonchev–Trinajstić information content (AvgIpc) is 2.44. The highest BCUT2D eigenvalue weighted by atomic mass is 16.3. The van der Waals surface area contributed by atoms with Gasteiger partial charge in [0.05, 0.1) is 0 Å². The van der Waals surface area contributed by atoms with E-state index < -0.39 is 0 Å². The molecule has 0 fully saturated rings. The van der Waals surface area contributed by atoms with Gasteiger partial charge in [0.25, 0.3) is 0 Å². The number of aliphatic hydroxyl groups is 1. The lowest BCUT2D eigenvalue weighted by molar-refractivity contribution is -0.117. The number of amides is 1. The monoisotopic (exact) mass is 261 g/mol. The van der Waals surface area contributed by atoms with Gasteiger partial charge in [-0.1, -0.05) is 38.1 Å². The zero-order valence-corrected chi connectivity index (χ0v) is 11.9. The summed E-state index contributed by atoms with van der Waals surface area (Å²) in [7, 11) is 0. The van der Waals surface area contributed by atoms with Crippen LogP contribution in [0.2, 0.25) is 0 Å². The molecule has 2 unspecified atom stereocenters. The second kappa shape index (κ2) is 7.74. The van der Waals surface area contributed by atoms with Gasteiger partial charge in [-0.15, -0.1) is 0 Å². The third kappa shape index (κ3) is 5.26. The predicted octanol–water partition coefficient (Wildman–Crippen LogP) is 2.40. The van der Waals surface area contributed by atoms with Gasteiger partial charge >= 0.3 is 0 Å². The van der Waals surface area contributed by atoms with Crippen molar-refractivity contribution in [1.82, 2.24) is 5.32 Å². The maximum atomic E-state index is 11.7. The Bertz CT molecular complexity index is 423. The van der Waals surface area contributed by atoms with E-state index in [1.54, 1.807) is 6.08 Å². The first-order chi connectivity index (χ1) is 9.06. The summed E-state index contributed by atoms with van der Waals surface area (Å²) in [4.78, 5) is 11.7. The molecule has 1 rings (SSSR count). The lowest BCUT2D eigenvalue weighted by Crippen LogP contribution is -2.37. The summed E-state index contributed by atoms with van der Waals surface area (Å²) < 4.78 is 0.